The molecule has 0 heterocycles. The number of nitrogens with one attached hydrogen (secondary N) is 2. The zero-order valence-corrected chi connectivity index (χ0v) is 12.8. The van der Waals surface area contributed by atoms with Gasteiger partial charge in [-0.05, 0) is 46.9 Å². The second-order valence-electron chi connectivity index (χ2n) is 3.57. The van der Waals surface area contributed by atoms with E-state index in [-0.39, 0.29) is 6.54 Å². The first-order chi connectivity index (χ1) is 9.06. The lowest BCUT2D eigenvalue weighted by Crippen LogP contribution is -2.40. The minimum absolute atomic E-state index is 0.103. The molecule has 0 saturated carbocycles. The van der Waals surface area contributed by atoms with Crippen LogP contribution in [0.5, 0.6) is 0 Å². The fraction of sp³-hybridized carbons (Fsp3) is 0.333. The summed E-state index contributed by atoms with van der Waals surface area (Å²) in [6.45, 7) is 0.103. The fourth-order valence-corrected chi connectivity index (χ4v) is 1.60. The van der Waals surface area contributed by atoms with Gasteiger partial charge < -0.3 is 20.1 Å². The van der Waals surface area contributed by atoms with E-state index >= 15 is 0 Å². The first-order valence-electron chi connectivity index (χ1n) is 5.47. The van der Waals surface area contributed by atoms with Crippen LogP contribution in [0.4, 0.5) is 5.69 Å². The number of amides is 2. The molecule has 0 bridgehead atoms. The predicted octanol–water partition coefficient (Wildman–Crippen LogP) is 0.965. The van der Waals surface area contributed by atoms with Gasteiger partial charge in [-0.3, -0.25) is 9.59 Å². The molecule has 0 fully saturated rings. The summed E-state index contributed by atoms with van der Waals surface area (Å²) in [4.78, 5) is 23.1. The van der Waals surface area contributed by atoms with Crippen molar-refractivity contribution >= 4 is 40.1 Å². The topological polar surface area (TPSA) is 76.7 Å². The molecule has 6 nitrogen and oxygen atoms in total. The average molecular weight is 378 g/mol. The lowest BCUT2D eigenvalue weighted by Gasteiger charge is -2.13. The van der Waals surface area contributed by atoms with Gasteiger partial charge in [-0.15, -0.1) is 0 Å². The maximum Gasteiger partial charge on any atom is 0.313 e. The van der Waals surface area contributed by atoms with Gasteiger partial charge in [-0.2, -0.15) is 0 Å². The SMILES string of the molecule is COC(CNC(=O)C(=O)Nc1ccc(I)cc1)OC. The molecule has 0 atom stereocenters. The van der Waals surface area contributed by atoms with Crippen LogP contribution in [0.2, 0.25) is 0 Å². The van der Waals surface area contributed by atoms with Crippen molar-refractivity contribution in [2.24, 2.45) is 0 Å². The number of carbonyl (C=O) groups excluding carboxylic acids is 2. The quantitative estimate of drug-likeness (QED) is 0.455. The molecular formula is C12H15IN2O4. The van der Waals surface area contributed by atoms with E-state index < -0.39 is 18.1 Å². The Bertz CT molecular complexity index is 432. The van der Waals surface area contributed by atoms with Gasteiger partial charge in [-0.1, -0.05) is 0 Å². The molecule has 0 aromatic heterocycles. The van der Waals surface area contributed by atoms with Crippen LogP contribution in [-0.2, 0) is 19.1 Å². The Balaban J connectivity index is 2.44. The zero-order valence-electron chi connectivity index (χ0n) is 10.6. The summed E-state index contributed by atoms with van der Waals surface area (Å²) < 4.78 is 10.8. The number of anilines is 1. The molecule has 0 aliphatic rings. The summed E-state index contributed by atoms with van der Waals surface area (Å²) in [5, 5.41) is 4.91. The Morgan fingerprint density at radius 3 is 2.26 bits per heavy atom. The second kappa shape index (κ2) is 8.08. The van der Waals surface area contributed by atoms with Crippen molar-refractivity contribution in [3.63, 3.8) is 0 Å². The molecule has 1 aromatic carbocycles. The van der Waals surface area contributed by atoms with Gasteiger partial charge >= 0.3 is 11.8 Å². The smallest absolute Gasteiger partial charge is 0.313 e. The number of hydrogen-bond donors (Lipinski definition) is 2. The highest BCUT2D eigenvalue weighted by Gasteiger charge is 2.15. The molecule has 1 rings (SSSR count). The summed E-state index contributed by atoms with van der Waals surface area (Å²) in [6.07, 6.45) is -0.574. The third kappa shape index (κ3) is 5.53. The Morgan fingerprint density at radius 1 is 1.16 bits per heavy atom. The zero-order chi connectivity index (χ0) is 14.3. The van der Waals surface area contributed by atoms with Crippen LogP contribution in [0.15, 0.2) is 24.3 Å². The third-order valence-electron chi connectivity index (χ3n) is 2.26. The number of ether oxygens (including phenoxy) is 2. The molecule has 0 aliphatic carbocycles. The van der Waals surface area contributed by atoms with Crippen LogP contribution in [0.3, 0.4) is 0 Å². The van der Waals surface area contributed by atoms with Gasteiger partial charge in [0.1, 0.15) is 0 Å². The van der Waals surface area contributed by atoms with Crippen molar-refractivity contribution in [1.82, 2.24) is 5.32 Å². The van der Waals surface area contributed by atoms with Gasteiger partial charge in [0.15, 0.2) is 6.29 Å². The third-order valence-corrected chi connectivity index (χ3v) is 2.98. The minimum Gasteiger partial charge on any atom is -0.354 e. The molecule has 2 amide bonds. The summed E-state index contributed by atoms with van der Waals surface area (Å²) in [6, 6.07) is 7.11. The van der Waals surface area contributed by atoms with Gasteiger partial charge in [0.2, 0.25) is 0 Å². The highest BCUT2D eigenvalue weighted by atomic mass is 127. The van der Waals surface area contributed by atoms with Gasteiger partial charge in [0.25, 0.3) is 0 Å². The van der Waals surface area contributed by atoms with Crippen molar-refractivity contribution in [1.29, 1.82) is 0 Å². The highest BCUT2D eigenvalue weighted by Crippen LogP contribution is 2.10. The standard InChI is InChI=1S/C12H15IN2O4/c1-18-10(19-2)7-14-11(16)12(17)15-9-5-3-8(13)4-6-9/h3-6,10H,7H2,1-2H3,(H,14,16)(H,15,17). The lowest BCUT2D eigenvalue weighted by molar-refractivity contribution is -0.139. The van der Waals surface area contributed by atoms with E-state index in [1.807, 2.05) is 12.1 Å². The van der Waals surface area contributed by atoms with Crippen molar-refractivity contribution in [3.8, 4) is 0 Å². The summed E-state index contributed by atoms with van der Waals surface area (Å²) >= 11 is 2.15. The Kier molecular flexibility index (Phi) is 6.74. The van der Waals surface area contributed by atoms with Crippen LogP contribution >= 0.6 is 22.6 Å². The van der Waals surface area contributed by atoms with Crippen LogP contribution in [0, 0.1) is 3.57 Å². The van der Waals surface area contributed by atoms with Gasteiger partial charge in [0, 0.05) is 23.5 Å². The first-order valence-corrected chi connectivity index (χ1v) is 6.55. The molecule has 1 aromatic rings. The number of benzene rings is 1. The van der Waals surface area contributed by atoms with E-state index in [4.69, 9.17) is 9.47 Å². The molecule has 0 saturated heterocycles. The van der Waals surface area contributed by atoms with Gasteiger partial charge in [0.05, 0.1) is 6.54 Å². The second-order valence-corrected chi connectivity index (χ2v) is 4.82. The average Bonchev–Trinajstić information content (AvgIpc) is 2.42. The monoisotopic (exact) mass is 378 g/mol. The van der Waals surface area contributed by atoms with Crippen molar-refractivity contribution < 1.29 is 19.1 Å². The predicted molar refractivity (Wildman–Crippen MR) is 78.6 cm³/mol. The number of hydrogen-bond acceptors (Lipinski definition) is 4. The molecule has 104 valence electrons. The molecule has 0 radical (unpaired) electrons. The lowest BCUT2D eigenvalue weighted by atomic mass is 10.3. The minimum atomic E-state index is -0.738. The van der Waals surface area contributed by atoms with E-state index in [0.717, 1.165) is 3.57 Å². The van der Waals surface area contributed by atoms with Crippen LogP contribution in [0.1, 0.15) is 0 Å². The summed E-state index contributed by atoms with van der Waals surface area (Å²) in [7, 11) is 2.90. The van der Waals surface area contributed by atoms with Crippen molar-refractivity contribution in [2.75, 3.05) is 26.1 Å². The number of halogens is 1. The van der Waals surface area contributed by atoms with Gasteiger partial charge in [-0.25, -0.2) is 0 Å². The molecule has 2 N–H and O–H groups in total. The van der Waals surface area contributed by atoms with Crippen LogP contribution in [-0.4, -0.2) is 38.9 Å². The highest BCUT2D eigenvalue weighted by molar-refractivity contribution is 14.1. The molecular weight excluding hydrogens is 363 g/mol. The summed E-state index contributed by atoms with van der Waals surface area (Å²) in [5.74, 6) is -1.47. The van der Waals surface area contributed by atoms with Crippen LogP contribution < -0.4 is 10.6 Å². The van der Waals surface area contributed by atoms with E-state index in [0.29, 0.717) is 5.69 Å². The van der Waals surface area contributed by atoms with Crippen molar-refractivity contribution in [3.05, 3.63) is 27.8 Å². The molecule has 0 aliphatic heterocycles. The first kappa shape index (κ1) is 15.9. The molecule has 19 heavy (non-hydrogen) atoms. The molecule has 0 spiro atoms. The molecule has 7 heteroatoms. The Hall–Kier alpha value is -1.19. The van der Waals surface area contributed by atoms with Crippen molar-refractivity contribution in [2.45, 2.75) is 6.29 Å². The number of rotatable bonds is 5. The number of methoxy groups -OCH3 is 2. The Morgan fingerprint density at radius 2 is 1.74 bits per heavy atom. The maximum absolute atomic E-state index is 11.6. The van der Waals surface area contributed by atoms with E-state index in [1.54, 1.807) is 12.1 Å². The largest absolute Gasteiger partial charge is 0.354 e. The normalized spacial score (nSPS) is 10.3. The summed E-state index contributed by atoms with van der Waals surface area (Å²) in [5.41, 5.74) is 0.565. The Labute approximate surface area is 125 Å². The number of carbonyl (C=O) groups is 2. The maximum atomic E-state index is 11.6. The van der Waals surface area contributed by atoms with Crippen LogP contribution in [0.25, 0.3) is 0 Å². The molecule has 0 unspecified atom stereocenters. The van der Waals surface area contributed by atoms with E-state index in [1.165, 1.54) is 14.2 Å². The van der Waals surface area contributed by atoms with E-state index in [9.17, 15) is 9.59 Å². The fourth-order valence-electron chi connectivity index (χ4n) is 1.24. The van der Waals surface area contributed by atoms with E-state index in [2.05, 4.69) is 33.2 Å².